The molecule has 5 heteroatoms. The molecule has 2 aliphatic rings. The predicted molar refractivity (Wildman–Crippen MR) is 127 cm³/mol. The first-order valence-corrected chi connectivity index (χ1v) is 11.5. The molecule has 0 saturated heterocycles. The van der Waals surface area contributed by atoms with Crippen LogP contribution >= 0.6 is 15.9 Å². The van der Waals surface area contributed by atoms with E-state index in [9.17, 15) is 9.90 Å². The Morgan fingerprint density at radius 1 is 1.00 bits per heavy atom. The second-order valence-electron chi connectivity index (χ2n) is 8.37. The van der Waals surface area contributed by atoms with Gasteiger partial charge in [0.2, 0.25) is 0 Å². The highest BCUT2D eigenvalue weighted by Crippen LogP contribution is 2.35. The molecule has 4 nitrogen and oxygen atoms in total. The van der Waals surface area contributed by atoms with E-state index >= 15 is 0 Å². The van der Waals surface area contributed by atoms with Gasteiger partial charge in [0.1, 0.15) is 0 Å². The van der Waals surface area contributed by atoms with Gasteiger partial charge in [0, 0.05) is 47.2 Å². The number of rotatable bonds is 5. The van der Waals surface area contributed by atoms with Gasteiger partial charge in [0.15, 0.2) is 6.23 Å². The van der Waals surface area contributed by atoms with Gasteiger partial charge in [0.05, 0.1) is 0 Å². The summed E-state index contributed by atoms with van der Waals surface area (Å²) in [5, 5.41) is 12.9. The van der Waals surface area contributed by atoms with Crippen molar-refractivity contribution in [3.05, 3.63) is 94.0 Å². The van der Waals surface area contributed by atoms with Gasteiger partial charge in [0.25, 0.3) is 5.91 Å². The quantitative estimate of drug-likeness (QED) is 0.538. The summed E-state index contributed by atoms with van der Waals surface area (Å²) < 4.78 is 1.15. The summed E-state index contributed by atoms with van der Waals surface area (Å²) in [5.41, 5.74) is 2.81. The monoisotopic (exact) mass is 476 g/mol. The highest BCUT2D eigenvalue weighted by Gasteiger charge is 2.32. The van der Waals surface area contributed by atoms with Crippen LogP contribution in [0.15, 0.2) is 77.3 Å². The third-order valence-corrected chi connectivity index (χ3v) is 7.14. The van der Waals surface area contributed by atoms with Gasteiger partial charge in [-0.25, -0.2) is 0 Å². The van der Waals surface area contributed by atoms with E-state index in [1.807, 2.05) is 42.5 Å². The van der Waals surface area contributed by atoms with E-state index in [0.717, 1.165) is 46.9 Å². The second kappa shape index (κ2) is 8.58. The zero-order chi connectivity index (χ0) is 21.4. The third kappa shape index (κ3) is 3.93. The van der Waals surface area contributed by atoms with Crippen molar-refractivity contribution in [1.29, 1.82) is 0 Å². The molecule has 2 atom stereocenters. The van der Waals surface area contributed by atoms with E-state index in [4.69, 9.17) is 0 Å². The van der Waals surface area contributed by atoms with Crippen LogP contribution in [-0.2, 0) is 6.42 Å². The lowest BCUT2D eigenvalue weighted by Crippen LogP contribution is -2.44. The number of aliphatic hydroxyl groups excluding tert-OH is 1. The highest BCUT2D eigenvalue weighted by atomic mass is 79.9. The fraction of sp³-hybridized carbons (Fsp3) is 0.269. The van der Waals surface area contributed by atoms with Crippen LogP contribution in [0.5, 0.6) is 0 Å². The van der Waals surface area contributed by atoms with E-state index < -0.39 is 6.23 Å². The minimum absolute atomic E-state index is 0.0888. The number of carbonyl (C=O) groups is 1. The molecule has 0 radical (unpaired) electrons. The van der Waals surface area contributed by atoms with Crippen molar-refractivity contribution in [2.45, 2.75) is 12.6 Å². The number of amides is 1. The Bertz CT molecular complexity index is 1150. The fourth-order valence-corrected chi connectivity index (χ4v) is 5.25. The second-order valence-corrected chi connectivity index (χ2v) is 9.22. The Balaban J connectivity index is 1.28. The minimum Gasteiger partial charge on any atom is -0.369 e. The van der Waals surface area contributed by atoms with E-state index in [2.05, 4.69) is 51.2 Å². The summed E-state index contributed by atoms with van der Waals surface area (Å²) in [6.07, 6.45) is 4.60. The van der Waals surface area contributed by atoms with Crippen LogP contribution in [0.4, 0.5) is 0 Å². The maximum Gasteiger partial charge on any atom is 0.256 e. The summed E-state index contributed by atoms with van der Waals surface area (Å²) in [6.45, 7) is 3.05. The molecule has 0 fully saturated rings. The molecule has 1 amide bonds. The van der Waals surface area contributed by atoms with Gasteiger partial charge < -0.3 is 10.0 Å². The van der Waals surface area contributed by atoms with Crippen molar-refractivity contribution < 1.29 is 9.90 Å². The number of hydrogen-bond acceptors (Lipinski definition) is 3. The Morgan fingerprint density at radius 3 is 2.65 bits per heavy atom. The first-order chi connectivity index (χ1) is 15.1. The SMILES string of the molecule is O=C1c2cccc3cccc(c23)C(O)N1CCN1CC=CC(Cc2ccccc2Br)C1. The molecule has 2 aliphatic heterocycles. The smallest absolute Gasteiger partial charge is 0.256 e. The average Bonchev–Trinajstić information content (AvgIpc) is 2.79. The first kappa shape index (κ1) is 20.4. The molecule has 0 bridgehead atoms. The summed E-state index contributed by atoms with van der Waals surface area (Å²) in [4.78, 5) is 17.1. The molecule has 31 heavy (non-hydrogen) atoms. The molecule has 0 spiro atoms. The number of halogens is 1. The molecule has 0 aromatic heterocycles. The Morgan fingerprint density at radius 2 is 1.81 bits per heavy atom. The Labute approximate surface area is 190 Å². The molecular formula is C26H25BrN2O2. The van der Waals surface area contributed by atoms with E-state index in [1.54, 1.807) is 4.90 Å². The molecule has 2 heterocycles. The number of hydrogen-bond donors (Lipinski definition) is 1. The first-order valence-electron chi connectivity index (χ1n) is 10.7. The third-order valence-electron chi connectivity index (χ3n) is 6.36. The summed E-state index contributed by atoms with van der Waals surface area (Å²) in [5.74, 6) is 0.345. The Hall–Kier alpha value is -2.47. The van der Waals surface area contributed by atoms with Gasteiger partial charge in [-0.3, -0.25) is 9.69 Å². The molecule has 3 aromatic rings. The number of benzene rings is 3. The minimum atomic E-state index is -0.900. The van der Waals surface area contributed by atoms with Crippen molar-refractivity contribution in [3.8, 4) is 0 Å². The van der Waals surface area contributed by atoms with E-state index in [0.29, 0.717) is 18.0 Å². The average molecular weight is 477 g/mol. The zero-order valence-electron chi connectivity index (χ0n) is 17.2. The van der Waals surface area contributed by atoms with Gasteiger partial charge in [-0.15, -0.1) is 0 Å². The van der Waals surface area contributed by atoms with Crippen molar-refractivity contribution >= 4 is 32.6 Å². The van der Waals surface area contributed by atoms with Crippen molar-refractivity contribution in [3.63, 3.8) is 0 Å². The summed E-state index contributed by atoms with van der Waals surface area (Å²) >= 11 is 3.65. The van der Waals surface area contributed by atoms with Crippen molar-refractivity contribution in [1.82, 2.24) is 9.80 Å². The van der Waals surface area contributed by atoms with Crippen molar-refractivity contribution in [2.75, 3.05) is 26.2 Å². The molecule has 5 rings (SSSR count). The molecular weight excluding hydrogens is 452 g/mol. The normalized spacial score (nSPS) is 21.1. The van der Waals surface area contributed by atoms with Crippen LogP contribution in [0.1, 0.15) is 27.7 Å². The lowest BCUT2D eigenvalue weighted by atomic mass is 9.93. The van der Waals surface area contributed by atoms with E-state index in [-0.39, 0.29) is 5.91 Å². The number of nitrogens with zero attached hydrogens (tertiary/aromatic N) is 2. The number of aliphatic hydroxyl groups is 1. The van der Waals surface area contributed by atoms with E-state index in [1.165, 1.54) is 5.56 Å². The molecule has 2 unspecified atom stereocenters. The molecule has 0 saturated carbocycles. The molecule has 1 N–H and O–H groups in total. The maximum atomic E-state index is 13.2. The Kier molecular flexibility index (Phi) is 5.65. The van der Waals surface area contributed by atoms with Crippen LogP contribution in [0.3, 0.4) is 0 Å². The molecule has 158 valence electrons. The van der Waals surface area contributed by atoms with Gasteiger partial charge in [-0.05, 0) is 35.4 Å². The van der Waals surface area contributed by atoms with Gasteiger partial charge >= 0.3 is 0 Å². The van der Waals surface area contributed by atoms with Crippen LogP contribution in [0.25, 0.3) is 10.8 Å². The standard InChI is InChI=1S/C26H25BrN2O2/c27-23-12-2-1-7-20(23)16-18-6-5-13-28(17-18)14-15-29-25(30)21-10-3-8-19-9-4-11-22(24(19)21)26(29)31/h1-12,18,25,30H,13-17H2. The van der Waals surface area contributed by atoms with Crippen molar-refractivity contribution in [2.24, 2.45) is 5.92 Å². The molecule has 0 aliphatic carbocycles. The van der Waals surface area contributed by atoms with Crippen LogP contribution in [0.2, 0.25) is 0 Å². The van der Waals surface area contributed by atoms with Crippen LogP contribution in [-0.4, -0.2) is 47.0 Å². The summed E-state index contributed by atoms with van der Waals surface area (Å²) in [6, 6.07) is 20.0. The lowest BCUT2D eigenvalue weighted by Gasteiger charge is -2.36. The lowest BCUT2D eigenvalue weighted by molar-refractivity contribution is 0.00107. The van der Waals surface area contributed by atoms with Crippen LogP contribution in [0, 0.1) is 5.92 Å². The topological polar surface area (TPSA) is 43.8 Å². The zero-order valence-corrected chi connectivity index (χ0v) is 18.8. The fourth-order valence-electron chi connectivity index (χ4n) is 4.80. The highest BCUT2D eigenvalue weighted by molar-refractivity contribution is 9.10. The van der Waals surface area contributed by atoms with Gasteiger partial charge in [-0.2, -0.15) is 0 Å². The predicted octanol–water partition coefficient (Wildman–Crippen LogP) is 4.78. The maximum absolute atomic E-state index is 13.2. The number of carbonyl (C=O) groups excluding carboxylic acids is 1. The van der Waals surface area contributed by atoms with Gasteiger partial charge in [-0.1, -0.05) is 76.6 Å². The summed E-state index contributed by atoms with van der Waals surface area (Å²) in [7, 11) is 0. The molecule has 3 aromatic carbocycles. The largest absolute Gasteiger partial charge is 0.369 e. The van der Waals surface area contributed by atoms with Crippen LogP contribution < -0.4 is 0 Å².